The van der Waals surface area contributed by atoms with E-state index >= 15 is 0 Å². The predicted octanol–water partition coefficient (Wildman–Crippen LogP) is 6.94. The lowest BCUT2D eigenvalue weighted by Gasteiger charge is -2.34. The summed E-state index contributed by atoms with van der Waals surface area (Å²) < 4.78 is 11.5. The lowest BCUT2D eigenvalue weighted by atomic mass is 9.83. The molecule has 2 aromatic rings. The largest absolute Gasteiger partial charge is 0.467 e. The van der Waals surface area contributed by atoms with E-state index in [2.05, 4.69) is 60.4 Å². The van der Waals surface area contributed by atoms with Gasteiger partial charge in [-0.2, -0.15) is 0 Å². The van der Waals surface area contributed by atoms with Gasteiger partial charge in [0, 0.05) is 13.0 Å². The number of hydrogen-bond donors (Lipinski definition) is 1. The normalized spacial score (nSPS) is 20.1. The quantitative estimate of drug-likeness (QED) is 0.151. The Hall–Kier alpha value is -3.22. The molecule has 4 rings (SSSR count). The van der Waals surface area contributed by atoms with Gasteiger partial charge in [-0.3, -0.25) is 4.79 Å². The maximum atomic E-state index is 14.1. The molecule has 0 unspecified atom stereocenters. The molecule has 0 aromatic heterocycles. The first-order chi connectivity index (χ1) is 20.5. The van der Waals surface area contributed by atoms with E-state index < -0.39 is 6.04 Å². The minimum absolute atomic E-state index is 0.00938. The van der Waals surface area contributed by atoms with Gasteiger partial charge in [0.15, 0.2) is 0 Å². The van der Waals surface area contributed by atoms with Crippen molar-refractivity contribution in [3.05, 3.63) is 78.4 Å². The van der Waals surface area contributed by atoms with Crippen LogP contribution in [-0.4, -0.2) is 55.2 Å². The van der Waals surface area contributed by atoms with E-state index in [1.165, 1.54) is 19.1 Å². The van der Waals surface area contributed by atoms with Crippen molar-refractivity contribution in [3.8, 4) is 11.1 Å². The summed E-state index contributed by atoms with van der Waals surface area (Å²) in [7, 11) is 1.40. The summed E-state index contributed by atoms with van der Waals surface area (Å²) in [5.41, 5.74) is 4.51. The van der Waals surface area contributed by atoms with E-state index in [1.54, 1.807) is 4.90 Å². The van der Waals surface area contributed by atoms with Gasteiger partial charge in [-0.1, -0.05) is 73.9 Å². The minimum Gasteiger partial charge on any atom is -0.467 e. The van der Waals surface area contributed by atoms with Crippen LogP contribution in [0.5, 0.6) is 0 Å². The van der Waals surface area contributed by atoms with Gasteiger partial charge in [0.05, 0.1) is 25.9 Å². The molecule has 1 aliphatic carbocycles. The van der Waals surface area contributed by atoms with Gasteiger partial charge in [0.25, 0.3) is 0 Å². The smallest absolute Gasteiger partial charge is 0.328 e. The summed E-state index contributed by atoms with van der Waals surface area (Å²) in [5.74, 6) is -0.0704. The summed E-state index contributed by atoms with van der Waals surface area (Å²) in [5, 5.41) is 3.59. The summed E-state index contributed by atoms with van der Waals surface area (Å²) in [6.45, 7) is 7.42. The second-order valence-electron chi connectivity index (χ2n) is 11.6. The van der Waals surface area contributed by atoms with Crippen LogP contribution in [0.3, 0.4) is 0 Å². The molecule has 1 heterocycles. The monoisotopic (exact) mass is 572 g/mol. The van der Waals surface area contributed by atoms with Crippen molar-refractivity contribution in [1.82, 2.24) is 10.2 Å². The molecule has 1 saturated carbocycles. The number of ether oxygens (including phenoxy) is 2. The first-order valence-corrected chi connectivity index (χ1v) is 15.7. The number of carbonyl (C=O) groups is 2. The van der Waals surface area contributed by atoms with Gasteiger partial charge >= 0.3 is 5.97 Å². The number of rotatable bonds is 14. The maximum Gasteiger partial charge on any atom is 0.328 e. The molecule has 6 nitrogen and oxygen atoms in total. The number of allylic oxidation sites excluding steroid dienone is 2. The topological polar surface area (TPSA) is 67.9 Å². The molecule has 226 valence electrons. The molecule has 1 aliphatic heterocycles. The van der Waals surface area contributed by atoms with E-state index in [0.717, 1.165) is 68.2 Å². The number of nitrogens with zero attached hydrogens (tertiary/aromatic N) is 1. The fraction of sp³-hybridized carbons (Fsp3) is 0.500. The first-order valence-electron chi connectivity index (χ1n) is 15.7. The van der Waals surface area contributed by atoms with E-state index in [9.17, 15) is 9.59 Å². The molecular formula is C36H48N2O4. The van der Waals surface area contributed by atoms with E-state index in [-0.39, 0.29) is 29.9 Å². The lowest BCUT2D eigenvalue weighted by molar-refractivity contribution is -0.152. The molecule has 3 atom stereocenters. The Morgan fingerprint density at radius 2 is 1.83 bits per heavy atom. The van der Waals surface area contributed by atoms with Crippen molar-refractivity contribution in [3.63, 3.8) is 0 Å². The molecule has 2 fully saturated rings. The molecule has 0 bridgehead atoms. The Labute approximate surface area is 252 Å². The van der Waals surface area contributed by atoms with Crippen LogP contribution in [0.1, 0.15) is 75.8 Å². The highest BCUT2D eigenvalue weighted by molar-refractivity contribution is 5.88. The van der Waals surface area contributed by atoms with Crippen LogP contribution in [0.4, 0.5) is 0 Å². The van der Waals surface area contributed by atoms with Crippen molar-refractivity contribution in [2.45, 2.75) is 89.5 Å². The molecule has 0 radical (unpaired) electrons. The van der Waals surface area contributed by atoms with Crippen LogP contribution in [0.25, 0.3) is 17.2 Å². The number of amides is 1. The predicted molar refractivity (Wildman–Crippen MR) is 170 cm³/mol. The zero-order chi connectivity index (χ0) is 29.7. The standard InChI is InChI=1S/C36H48N2O4/c1-4-6-7-11-21-37-34(29-17-9-8-10-18-29)35(39)38-25-32(24-33(38)36(40)41-3)42-26-28-16-13-20-31(23-28)30-19-12-15-27(22-30)14-5-2/h4-5,12-16,19-20,22-23,29,32-34,37H,1,6-11,17-18,21,24-26H2,2-3H3/b14-5-/t32-,33+,34+/m1/s1. The Kier molecular flexibility index (Phi) is 12.4. The van der Waals surface area contributed by atoms with Gasteiger partial charge in [0.2, 0.25) is 5.91 Å². The molecule has 2 aromatic carbocycles. The molecule has 2 aliphatic rings. The van der Waals surface area contributed by atoms with Crippen molar-refractivity contribution in [1.29, 1.82) is 0 Å². The van der Waals surface area contributed by atoms with Crippen LogP contribution in [0.2, 0.25) is 0 Å². The first kappa shape index (κ1) is 31.7. The third-order valence-corrected chi connectivity index (χ3v) is 8.60. The second kappa shape index (κ2) is 16.4. The highest BCUT2D eigenvalue weighted by Crippen LogP contribution is 2.31. The van der Waals surface area contributed by atoms with Crippen LogP contribution >= 0.6 is 0 Å². The molecule has 1 N–H and O–H groups in total. The number of benzene rings is 2. The van der Waals surface area contributed by atoms with Crippen LogP contribution in [-0.2, 0) is 25.7 Å². The Balaban J connectivity index is 1.43. The molecule has 1 saturated heterocycles. The average molecular weight is 573 g/mol. The van der Waals surface area contributed by atoms with Crippen LogP contribution in [0, 0.1) is 5.92 Å². The summed E-state index contributed by atoms with van der Waals surface area (Å²) in [6.07, 6.45) is 14.9. The highest BCUT2D eigenvalue weighted by Gasteiger charge is 2.44. The number of unbranched alkanes of at least 4 members (excludes halogenated alkanes) is 2. The highest BCUT2D eigenvalue weighted by atomic mass is 16.5. The number of esters is 1. The maximum absolute atomic E-state index is 14.1. The number of carbonyl (C=O) groups excluding carboxylic acids is 2. The zero-order valence-corrected chi connectivity index (χ0v) is 25.4. The summed E-state index contributed by atoms with van der Waals surface area (Å²) in [4.78, 5) is 28.7. The van der Waals surface area contributed by atoms with E-state index in [4.69, 9.17) is 9.47 Å². The van der Waals surface area contributed by atoms with Crippen molar-refractivity contribution < 1.29 is 19.1 Å². The van der Waals surface area contributed by atoms with Crippen molar-refractivity contribution in [2.75, 3.05) is 20.2 Å². The van der Waals surface area contributed by atoms with Crippen molar-refractivity contribution in [2.24, 2.45) is 5.92 Å². The number of hydrogen-bond acceptors (Lipinski definition) is 5. The molecule has 0 spiro atoms. The van der Waals surface area contributed by atoms with E-state index in [1.807, 2.05) is 25.1 Å². The van der Waals surface area contributed by atoms with Crippen molar-refractivity contribution >= 4 is 18.0 Å². The Morgan fingerprint density at radius 1 is 1.07 bits per heavy atom. The van der Waals surface area contributed by atoms with Gasteiger partial charge in [-0.25, -0.2) is 4.79 Å². The third kappa shape index (κ3) is 8.65. The lowest BCUT2D eigenvalue weighted by Crippen LogP contribution is -2.54. The summed E-state index contributed by atoms with van der Waals surface area (Å²) >= 11 is 0. The fourth-order valence-corrected chi connectivity index (χ4v) is 6.36. The fourth-order valence-electron chi connectivity index (χ4n) is 6.36. The Morgan fingerprint density at radius 3 is 2.57 bits per heavy atom. The van der Waals surface area contributed by atoms with Gasteiger partial charge in [0.1, 0.15) is 6.04 Å². The van der Waals surface area contributed by atoms with Crippen LogP contribution < -0.4 is 5.32 Å². The molecule has 6 heteroatoms. The Bertz CT molecular complexity index is 1200. The van der Waals surface area contributed by atoms with E-state index in [0.29, 0.717) is 19.6 Å². The van der Waals surface area contributed by atoms with Gasteiger partial charge in [-0.05, 0) is 85.9 Å². The number of nitrogens with one attached hydrogen (secondary N) is 1. The third-order valence-electron chi connectivity index (χ3n) is 8.60. The van der Waals surface area contributed by atoms with Gasteiger partial charge in [-0.15, -0.1) is 6.58 Å². The molecule has 1 amide bonds. The average Bonchev–Trinajstić information content (AvgIpc) is 3.46. The number of methoxy groups -OCH3 is 1. The molecular weight excluding hydrogens is 524 g/mol. The summed E-state index contributed by atoms with van der Waals surface area (Å²) in [6, 6.07) is 15.9. The SMILES string of the molecule is C=CCCCCN[C@H](C(=O)N1C[C@H](OCc2cccc(-c3cccc(/C=C\C)c3)c2)C[C@H]1C(=O)OC)C1CCCCC1. The van der Waals surface area contributed by atoms with Crippen LogP contribution in [0.15, 0.2) is 67.3 Å². The minimum atomic E-state index is -0.623. The number of likely N-dealkylation sites (tertiary alicyclic amines) is 1. The second-order valence-corrected chi connectivity index (χ2v) is 11.6. The zero-order valence-electron chi connectivity index (χ0n) is 25.4. The van der Waals surface area contributed by atoms with Gasteiger partial charge < -0.3 is 19.7 Å². The molecule has 42 heavy (non-hydrogen) atoms.